The summed E-state index contributed by atoms with van der Waals surface area (Å²) < 4.78 is 15.4. The molecule has 0 saturated carbocycles. The summed E-state index contributed by atoms with van der Waals surface area (Å²) in [6, 6.07) is 5.66. The second-order valence-electron chi connectivity index (χ2n) is 4.69. The lowest BCUT2D eigenvalue weighted by atomic mass is 10.2. The van der Waals surface area contributed by atoms with E-state index < -0.39 is 0 Å². The predicted molar refractivity (Wildman–Crippen MR) is 80.8 cm³/mol. The van der Waals surface area contributed by atoms with Crippen LogP contribution in [0.1, 0.15) is 5.56 Å². The molecule has 1 N–H and O–H groups in total. The predicted octanol–water partition coefficient (Wildman–Crippen LogP) is 0.898. The molecular weight excluding hydrogens is 272 g/mol. The first-order valence-corrected chi connectivity index (χ1v) is 6.75. The van der Waals surface area contributed by atoms with Crippen LogP contribution in [0.2, 0.25) is 0 Å². The third kappa shape index (κ3) is 6.01. The molecule has 0 aliphatic rings. The van der Waals surface area contributed by atoms with Gasteiger partial charge in [-0.3, -0.25) is 9.69 Å². The molecule has 0 unspecified atom stereocenters. The van der Waals surface area contributed by atoms with Gasteiger partial charge in [0.25, 0.3) is 0 Å². The van der Waals surface area contributed by atoms with E-state index in [-0.39, 0.29) is 5.91 Å². The molecule has 6 nitrogen and oxygen atoms in total. The van der Waals surface area contributed by atoms with E-state index in [0.717, 1.165) is 17.1 Å². The van der Waals surface area contributed by atoms with Gasteiger partial charge in [0.05, 0.1) is 27.4 Å². The van der Waals surface area contributed by atoms with Crippen molar-refractivity contribution in [3.05, 3.63) is 23.8 Å². The lowest BCUT2D eigenvalue weighted by molar-refractivity contribution is -0.122. The molecule has 0 saturated heterocycles. The average Bonchev–Trinajstić information content (AvgIpc) is 2.47. The number of carbonyl (C=O) groups excluding carboxylic acids is 1. The van der Waals surface area contributed by atoms with Crippen LogP contribution in [0.4, 0.5) is 0 Å². The number of amides is 1. The minimum Gasteiger partial charge on any atom is -0.497 e. The number of ether oxygens (including phenoxy) is 3. The highest BCUT2D eigenvalue weighted by Crippen LogP contribution is 2.25. The van der Waals surface area contributed by atoms with E-state index in [2.05, 4.69) is 5.32 Å². The van der Waals surface area contributed by atoms with E-state index in [0.29, 0.717) is 26.2 Å². The zero-order chi connectivity index (χ0) is 15.7. The van der Waals surface area contributed by atoms with E-state index in [1.165, 1.54) is 0 Å². The molecule has 0 radical (unpaired) electrons. The van der Waals surface area contributed by atoms with Gasteiger partial charge in [-0.2, -0.15) is 0 Å². The van der Waals surface area contributed by atoms with Crippen molar-refractivity contribution >= 4 is 5.91 Å². The second-order valence-corrected chi connectivity index (χ2v) is 4.69. The van der Waals surface area contributed by atoms with Gasteiger partial charge in [-0.05, 0) is 13.1 Å². The minimum atomic E-state index is -0.0259. The number of hydrogen-bond donors (Lipinski definition) is 1. The monoisotopic (exact) mass is 296 g/mol. The first-order valence-electron chi connectivity index (χ1n) is 6.75. The molecule has 21 heavy (non-hydrogen) atoms. The van der Waals surface area contributed by atoms with Crippen molar-refractivity contribution in [1.82, 2.24) is 10.2 Å². The first kappa shape index (κ1) is 17.3. The molecule has 0 fully saturated rings. The number of rotatable bonds is 9. The maximum Gasteiger partial charge on any atom is 0.234 e. The number of hydrogen-bond acceptors (Lipinski definition) is 5. The Kier molecular flexibility index (Phi) is 7.56. The molecule has 1 aromatic carbocycles. The minimum absolute atomic E-state index is 0.0259. The van der Waals surface area contributed by atoms with Gasteiger partial charge in [0, 0.05) is 31.8 Å². The number of nitrogens with one attached hydrogen (secondary N) is 1. The molecule has 0 heterocycles. The molecule has 0 aromatic heterocycles. The van der Waals surface area contributed by atoms with Crippen molar-refractivity contribution in [2.75, 3.05) is 48.1 Å². The first-order chi connectivity index (χ1) is 10.1. The second kappa shape index (κ2) is 9.20. The van der Waals surface area contributed by atoms with Gasteiger partial charge in [-0.15, -0.1) is 0 Å². The van der Waals surface area contributed by atoms with Crippen molar-refractivity contribution < 1.29 is 19.0 Å². The van der Waals surface area contributed by atoms with E-state index in [4.69, 9.17) is 14.2 Å². The highest BCUT2D eigenvalue weighted by molar-refractivity contribution is 5.77. The largest absolute Gasteiger partial charge is 0.497 e. The van der Waals surface area contributed by atoms with Gasteiger partial charge < -0.3 is 19.5 Å². The Hall–Kier alpha value is -1.79. The molecule has 0 atom stereocenters. The summed E-state index contributed by atoms with van der Waals surface area (Å²) in [7, 11) is 6.73. The van der Waals surface area contributed by atoms with Gasteiger partial charge in [0.1, 0.15) is 11.5 Å². The standard InChI is InChI=1S/C15H24N2O4/c1-17(11-15(18)16-7-8-19-2)10-12-5-6-13(20-3)9-14(12)21-4/h5-6,9H,7-8,10-11H2,1-4H3,(H,16,18). The molecule has 1 aromatic rings. The average molecular weight is 296 g/mol. The van der Waals surface area contributed by atoms with Crippen LogP contribution in [0.25, 0.3) is 0 Å². The summed E-state index contributed by atoms with van der Waals surface area (Å²) in [6.07, 6.45) is 0. The Morgan fingerprint density at radius 3 is 2.62 bits per heavy atom. The van der Waals surface area contributed by atoms with E-state index in [9.17, 15) is 4.79 Å². The van der Waals surface area contributed by atoms with Gasteiger partial charge in [0.2, 0.25) is 5.91 Å². The zero-order valence-corrected chi connectivity index (χ0v) is 13.1. The summed E-state index contributed by atoms with van der Waals surface area (Å²) in [5.74, 6) is 1.47. The van der Waals surface area contributed by atoms with Crippen LogP contribution in [0.15, 0.2) is 18.2 Å². The smallest absolute Gasteiger partial charge is 0.234 e. The fraction of sp³-hybridized carbons (Fsp3) is 0.533. The Balaban J connectivity index is 2.54. The quantitative estimate of drug-likeness (QED) is 0.686. The fourth-order valence-corrected chi connectivity index (χ4v) is 1.92. The van der Waals surface area contributed by atoms with Crippen molar-refractivity contribution in [3.63, 3.8) is 0 Å². The van der Waals surface area contributed by atoms with E-state index in [1.807, 2.05) is 30.1 Å². The summed E-state index contributed by atoms with van der Waals surface area (Å²) >= 11 is 0. The van der Waals surface area contributed by atoms with Crippen LogP contribution < -0.4 is 14.8 Å². The van der Waals surface area contributed by atoms with Crippen LogP contribution in [-0.2, 0) is 16.1 Å². The fourth-order valence-electron chi connectivity index (χ4n) is 1.92. The number of nitrogens with zero attached hydrogens (tertiary/aromatic N) is 1. The molecule has 0 aliphatic carbocycles. The zero-order valence-electron chi connectivity index (χ0n) is 13.1. The maximum atomic E-state index is 11.7. The molecule has 118 valence electrons. The molecule has 1 amide bonds. The highest BCUT2D eigenvalue weighted by atomic mass is 16.5. The number of likely N-dealkylation sites (N-methyl/N-ethyl adjacent to an activating group) is 1. The number of benzene rings is 1. The topological polar surface area (TPSA) is 60.0 Å². The highest BCUT2D eigenvalue weighted by Gasteiger charge is 2.10. The van der Waals surface area contributed by atoms with Crippen LogP contribution in [0.3, 0.4) is 0 Å². The van der Waals surface area contributed by atoms with Crippen LogP contribution in [-0.4, -0.2) is 58.9 Å². The van der Waals surface area contributed by atoms with Crippen molar-refractivity contribution in [1.29, 1.82) is 0 Å². The third-order valence-corrected chi connectivity index (χ3v) is 2.98. The van der Waals surface area contributed by atoms with Gasteiger partial charge in [-0.1, -0.05) is 6.07 Å². The van der Waals surface area contributed by atoms with Crippen LogP contribution in [0.5, 0.6) is 11.5 Å². The summed E-state index contributed by atoms with van der Waals surface area (Å²) in [6.45, 7) is 1.97. The lowest BCUT2D eigenvalue weighted by Crippen LogP contribution is -2.36. The molecule has 0 aliphatic heterocycles. The Labute approximate surface area is 126 Å². The van der Waals surface area contributed by atoms with Crippen molar-refractivity contribution in [3.8, 4) is 11.5 Å². The SMILES string of the molecule is COCCNC(=O)CN(C)Cc1ccc(OC)cc1OC. The van der Waals surface area contributed by atoms with Gasteiger partial charge >= 0.3 is 0 Å². The summed E-state index contributed by atoms with van der Waals surface area (Å²) in [5.41, 5.74) is 1.01. The summed E-state index contributed by atoms with van der Waals surface area (Å²) in [4.78, 5) is 13.6. The maximum absolute atomic E-state index is 11.7. The lowest BCUT2D eigenvalue weighted by Gasteiger charge is -2.18. The van der Waals surface area contributed by atoms with Crippen molar-refractivity contribution in [2.24, 2.45) is 0 Å². The third-order valence-electron chi connectivity index (χ3n) is 2.98. The molecule has 0 spiro atoms. The number of methoxy groups -OCH3 is 3. The molecule has 1 rings (SSSR count). The Bertz CT molecular complexity index is 451. The normalized spacial score (nSPS) is 10.5. The molecule has 6 heteroatoms. The molecular formula is C15H24N2O4. The van der Waals surface area contributed by atoms with Gasteiger partial charge in [0.15, 0.2) is 0 Å². The Morgan fingerprint density at radius 1 is 1.24 bits per heavy atom. The van der Waals surface area contributed by atoms with Crippen molar-refractivity contribution in [2.45, 2.75) is 6.54 Å². The molecule has 0 bridgehead atoms. The van der Waals surface area contributed by atoms with E-state index >= 15 is 0 Å². The van der Waals surface area contributed by atoms with Crippen LogP contribution >= 0.6 is 0 Å². The number of carbonyl (C=O) groups is 1. The van der Waals surface area contributed by atoms with Gasteiger partial charge in [-0.25, -0.2) is 0 Å². The summed E-state index contributed by atoms with van der Waals surface area (Å²) in [5, 5.41) is 2.79. The Morgan fingerprint density at radius 2 is 2.00 bits per heavy atom. The van der Waals surface area contributed by atoms with E-state index in [1.54, 1.807) is 21.3 Å². The van der Waals surface area contributed by atoms with Crippen LogP contribution in [0, 0.1) is 0 Å².